The summed E-state index contributed by atoms with van der Waals surface area (Å²) in [5, 5.41) is 0.534. The van der Waals surface area contributed by atoms with E-state index >= 15 is 0 Å². The molecule has 2 atom stereocenters. The van der Waals surface area contributed by atoms with Crippen molar-refractivity contribution < 1.29 is 36.1 Å². The van der Waals surface area contributed by atoms with Gasteiger partial charge in [0.1, 0.15) is 12.3 Å². The van der Waals surface area contributed by atoms with E-state index in [-0.39, 0.29) is 24.9 Å². The highest BCUT2D eigenvalue weighted by atomic mass is 32.3. The standard InChI is InChI=1S/C12H14N4O8S/c17-10(7-3-4-23-6-7)13-14-11(18)9-2-1-8-5-15(9)12(19)16(8)24-25(20,21)22/h3-4,6,8-9H,1-2,5H2,(H,13,17)(H,14,18)(H,20,21,22). The highest BCUT2D eigenvalue weighted by Crippen LogP contribution is 2.30. The second-order valence-electron chi connectivity index (χ2n) is 5.47. The van der Waals surface area contributed by atoms with Gasteiger partial charge >= 0.3 is 16.4 Å². The first-order valence-corrected chi connectivity index (χ1v) is 8.52. The van der Waals surface area contributed by atoms with Crippen molar-refractivity contribution in [1.29, 1.82) is 0 Å². The molecule has 0 spiro atoms. The molecule has 2 bridgehead atoms. The summed E-state index contributed by atoms with van der Waals surface area (Å²) in [6.45, 7) is 0.0577. The van der Waals surface area contributed by atoms with Crippen molar-refractivity contribution in [3.05, 3.63) is 24.2 Å². The molecule has 25 heavy (non-hydrogen) atoms. The second kappa shape index (κ2) is 6.34. The molecule has 3 N–H and O–H groups in total. The molecule has 2 aliphatic rings. The lowest BCUT2D eigenvalue weighted by Crippen LogP contribution is -2.54. The summed E-state index contributed by atoms with van der Waals surface area (Å²) in [4.78, 5) is 37.2. The molecule has 1 aromatic heterocycles. The lowest BCUT2D eigenvalue weighted by Gasteiger charge is -2.29. The van der Waals surface area contributed by atoms with Gasteiger partial charge in [0.25, 0.3) is 11.8 Å². The molecule has 2 fully saturated rings. The number of piperidine rings is 1. The smallest absolute Gasteiger partial charge is 0.418 e. The fourth-order valence-electron chi connectivity index (χ4n) is 2.77. The fourth-order valence-corrected chi connectivity index (χ4v) is 3.16. The molecule has 0 aromatic carbocycles. The van der Waals surface area contributed by atoms with E-state index in [4.69, 9.17) is 8.97 Å². The van der Waals surface area contributed by atoms with Crippen LogP contribution in [0, 0.1) is 0 Å². The molecule has 136 valence electrons. The van der Waals surface area contributed by atoms with Gasteiger partial charge < -0.3 is 9.32 Å². The minimum absolute atomic E-state index is 0.0577. The number of amides is 4. The molecule has 3 rings (SSSR count). The molecule has 2 aliphatic heterocycles. The molecule has 1 aromatic rings. The monoisotopic (exact) mass is 374 g/mol. The number of fused-ring (bicyclic) bond motifs is 2. The molecular weight excluding hydrogens is 360 g/mol. The number of carbonyl (C=O) groups is 3. The lowest BCUT2D eigenvalue weighted by atomic mass is 10.0. The Morgan fingerprint density at radius 2 is 2.08 bits per heavy atom. The zero-order valence-corrected chi connectivity index (χ0v) is 13.4. The molecule has 0 aliphatic carbocycles. The molecular formula is C12H14N4O8S. The van der Waals surface area contributed by atoms with Gasteiger partial charge in [-0.05, 0) is 18.9 Å². The average Bonchev–Trinajstić information content (AvgIpc) is 3.16. The Balaban J connectivity index is 1.61. The van der Waals surface area contributed by atoms with Crippen LogP contribution in [0.5, 0.6) is 0 Å². The zero-order valence-electron chi connectivity index (χ0n) is 12.6. The van der Waals surface area contributed by atoms with Crippen molar-refractivity contribution in [3.63, 3.8) is 0 Å². The van der Waals surface area contributed by atoms with Crippen LogP contribution in [0.4, 0.5) is 4.79 Å². The average molecular weight is 374 g/mol. The summed E-state index contributed by atoms with van der Waals surface area (Å²) in [7, 11) is -4.85. The van der Waals surface area contributed by atoms with Crippen molar-refractivity contribution in [3.8, 4) is 0 Å². The minimum atomic E-state index is -4.85. The van der Waals surface area contributed by atoms with E-state index in [0.717, 1.165) is 4.90 Å². The molecule has 0 saturated carbocycles. The van der Waals surface area contributed by atoms with E-state index in [2.05, 4.69) is 15.1 Å². The topological polar surface area (TPSA) is 158 Å². The van der Waals surface area contributed by atoms with Crippen LogP contribution in [0.3, 0.4) is 0 Å². The normalized spacial score (nSPS) is 22.8. The van der Waals surface area contributed by atoms with Gasteiger partial charge in [0, 0.05) is 6.54 Å². The van der Waals surface area contributed by atoms with Crippen LogP contribution in [-0.2, 0) is 19.5 Å². The molecule has 2 saturated heterocycles. The number of hydrazine groups is 1. The van der Waals surface area contributed by atoms with Crippen LogP contribution in [0.15, 0.2) is 23.0 Å². The maximum Gasteiger partial charge on any atom is 0.418 e. The van der Waals surface area contributed by atoms with Crippen molar-refractivity contribution in [1.82, 2.24) is 20.8 Å². The Bertz CT molecular complexity index is 792. The number of hydrogen-bond acceptors (Lipinski definition) is 7. The summed E-state index contributed by atoms with van der Waals surface area (Å²) in [5.41, 5.74) is 4.60. The first-order valence-electron chi connectivity index (χ1n) is 7.15. The number of hydrogen-bond donors (Lipinski definition) is 3. The molecule has 3 heterocycles. The maximum atomic E-state index is 12.2. The van der Waals surface area contributed by atoms with Gasteiger partial charge in [0.15, 0.2) is 0 Å². The van der Waals surface area contributed by atoms with Crippen molar-refractivity contribution >= 4 is 28.2 Å². The second-order valence-corrected chi connectivity index (χ2v) is 6.47. The van der Waals surface area contributed by atoms with Crippen LogP contribution >= 0.6 is 0 Å². The van der Waals surface area contributed by atoms with Gasteiger partial charge in [-0.2, -0.15) is 13.5 Å². The number of nitrogens with one attached hydrogen (secondary N) is 2. The first kappa shape index (κ1) is 17.2. The van der Waals surface area contributed by atoms with Crippen molar-refractivity contribution in [2.24, 2.45) is 0 Å². The number of rotatable bonds is 4. The van der Waals surface area contributed by atoms with E-state index in [1.807, 2.05) is 0 Å². The van der Waals surface area contributed by atoms with Gasteiger partial charge in [0.05, 0.1) is 17.9 Å². The van der Waals surface area contributed by atoms with Crippen LogP contribution in [-0.4, -0.2) is 59.4 Å². The van der Waals surface area contributed by atoms with E-state index < -0.39 is 40.3 Å². The Labute approximate surface area is 141 Å². The lowest BCUT2D eigenvalue weighted by molar-refractivity contribution is -0.126. The van der Waals surface area contributed by atoms with E-state index in [1.165, 1.54) is 18.6 Å². The number of urea groups is 1. The maximum absolute atomic E-state index is 12.2. The number of hydroxylamine groups is 2. The summed E-state index contributed by atoms with van der Waals surface area (Å²) in [6, 6.07) is -0.967. The molecule has 13 heteroatoms. The molecule has 2 unspecified atom stereocenters. The van der Waals surface area contributed by atoms with E-state index in [9.17, 15) is 22.8 Å². The third-order valence-electron chi connectivity index (χ3n) is 3.88. The Morgan fingerprint density at radius 3 is 2.72 bits per heavy atom. The summed E-state index contributed by atoms with van der Waals surface area (Å²) < 4.78 is 39.4. The van der Waals surface area contributed by atoms with Crippen LogP contribution in [0.25, 0.3) is 0 Å². The number of furan rings is 1. The summed E-state index contributed by atoms with van der Waals surface area (Å²) in [6.07, 6.45) is 3.01. The predicted octanol–water partition coefficient (Wildman–Crippen LogP) is -0.956. The zero-order chi connectivity index (χ0) is 18.2. The third kappa shape index (κ3) is 3.57. The first-order chi connectivity index (χ1) is 11.8. The number of nitrogens with zero attached hydrogens (tertiary/aromatic N) is 2. The third-order valence-corrected chi connectivity index (χ3v) is 4.23. The van der Waals surface area contributed by atoms with E-state index in [0.29, 0.717) is 5.06 Å². The van der Waals surface area contributed by atoms with Gasteiger partial charge in [-0.15, -0.1) is 4.28 Å². The van der Waals surface area contributed by atoms with Gasteiger partial charge in [-0.3, -0.25) is 25.0 Å². The fraction of sp³-hybridized carbons (Fsp3) is 0.417. The summed E-state index contributed by atoms with van der Waals surface area (Å²) >= 11 is 0. The highest BCUT2D eigenvalue weighted by Gasteiger charge is 2.49. The molecule has 12 nitrogen and oxygen atoms in total. The minimum Gasteiger partial charge on any atom is -0.472 e. The van der Waals surface area contributed by atoms with Crippen LogP contribution in [0.2, 0.25) is 0 Å². The van der Waals surface area contributed by atoms with Crippen molar-refractivity contribution in [2.45, 2.75) is 24.9 Å². The summed E-state index contributed by atoms with van der Waals surface area (Å²) in [5.74, 6) is -1.24. The van der Waals surface area contributed by atoms with Gasteiger partial charge in [-0.25, -0.2) is 4.79 Å². The Morgan fingerprint density at radius 1 is 1.32 bits per heavy atom. The van der Waals surface area contributed by atoms with Crippen LogP contribution in [0.1, 0.15) is 23.2 Å². The molecule has 0 radical (unpaired) electrons. The largest absolute Gasteiger partial charge is 0.472 e. The Kier molecular flexibility index (Phi) is 4.36. The highest BCUT2D eigenvalue weighted by molar-refractivity contribution is 7.80. The van der Waals surface area contributed by atoms with E-state index in [1.54, 1.807) is 0 Å². The predicted molar refractivity (Wildman–Crippen MR) is 77.7 cm³/mol. The quantitative estimate of drug-likeness (QED) is 0.449. The van der Waals surface area contributed by atoms with Gasteiger partial charge in [-0.1, -0.05) is 0 Å². The van der Waals surface area contributed by atoms with Crippen LogP contribution < -0.4 is 10.9 Å². The number of carbonyl (C=O) groups excluding carboxylic acids is 3. The SMILES string of the molecule is O=C(NNC(=O)C1CCC2CN1C(=O)N2OS(=O)(=O)O)c1ccoc1. The Hall–Kier alpha value is -2.64. The molecule has 4 amide bonds. The van der Waals surface area contributed by atoms with Crippen molar-refractivity contribution in [2.75, 3.05) is 6.54 Å². The van der Waals surface area contributed by atoms with Gasteiger partial charge in [0.2, 0.25) is 0 Å².